The Kier molecular flexibility index (Phi) is 4.97. The molecule has 1 aromatic rings. The summed E-state index contributed by atoms with van der Waals surface area (Å²) < 4.78 is 0. The molecule has 0 aliphatic carbocycles. The molecule has 17 heavy (non-hydrogen) atoms. The third-order valence-electron chi connectivity index (χ3n) is 2.83. The van der Waals surface area contributed by atoms with E-state index in [0.717, 1.165) is 12.8 Å². The average molecular weight is 237 g/mol. The van der Waals surface area contributed by atoms with Crippen molar-refractivity contribution in [2.24, 2.45) is 0 Å². The molecule has 0 unspecified atom stereocenters. The minimum atomic E-state index is -0.265. The van der Waals surface area contributed by atoms with E-state index in [-0.39, 0.29) is 23.8 Å². The molecule has 1 rings (SSSR count). The molecule has 0 bridgehead atoms. The quantitative estimate of drug-likeness (QED) is 0.523. The molecule has 0 spiro atoms. The third-order valence-corrected chi connectivity index (χ3v) is 2.83. The predicted octanol–water partition coefficient (Wildman–Crippen LogP) is 2.06. The minimum Gasteiger partial charge on any atom is -0.504 e. The molecule has 0 saturated heterocycles. The van der Waals surface area contributed by atoms with Crippen molar-refractivity contribution in [3.63, 3.8) is 0 Å². The predicted molar refractivity (Wildman–Crippen MR) is 66.5 cm³/mol. The molecule has 0 fully saturated rings. The molecule has 4 heteroatoms. The van der Waals surface area contributed by atoms with Gasteiger partial charge in [0.05, 0.1) is 6.54 Å². The Morgan fingerprint density at radius 3 is 2.41 bits per heavy atom. The van der Waals surface area contributed by atoms with Crippen LogP contribution in [0.5, 0.6) is 11.5 Å². The van der Waals surface area contributed by atoms with E-state index in [2.05, 4.69) is 19.2 Å². The number of Topliss-reactive ketones (excluding diaryl/α,β-unsaturated/α-hetero) is 1. The molecule has 0 atom stereocenters. The van der Waals surface area contributed by atoms with Crippen LogP contribution in [0.1, 0.15) is 37.0 Å². The van der Waals surface area contributed by atoms with Gasteiger partial charge in [-0.05, 0) is 31.0 Å². The maximum atomic E-state index is 11.8. The van der Waals surface area contributed by atoms with E-state index >= 15 is 0 Å². The second-order valence-corrected chi connectivity index (χ2v) is 4.02. The number of carbonyl (C=O) groups excluding carboxylic acids is 1. The minimum absolute atomic E-state index is 0.0906. The van der Waals surface area contributed by atoms with Gasteiger partial charge in [-0.3, -0.25) is 4.79 Å². The zero-order valence-electron chi connectivity index (χ0n) is 10.2. The zero-order chi connectivity index (χ0) is 12.8. The molecule has 3 N–H and O–H groups in total. The van der Waals surface area contributed by atoms with Gasteiger partial charge in [-0.2, -0.15) is 0 Å². The number of ketones is 1. The Morgan fingerprint density at radius 1 is 1.24 bits per heavy atom. The Morgan fingerprint density at radius 2 is 1.88 bits per heavy atom. The van der Waals surface area contributed by atoms with Gasteiger partial charge < -0.3 is 15.5 Å². The molecule has 0 aliphatic rings. The number of hydrogen-bond acceptors (Lipinski definition) is 4. The summed E-state index contributed by atoms with van der Waals surface area (Å²) in [7, 11) is 0. The standard InChI is InChI=1S/C13H19NO3/c1-3-10(4-2)14-8-13(17)9-5-6-11(15)12(16)7-9/h5-7,10,14-16H,3-4,8H2,1-2H3. The highest BCUT2D eigenvalue weighted by Gasteiger charge is 2.10. The fourth-order valence-electron chi connectivity index (χ4n) is 1.61. The lowest BCUT2D eigenvalue weighted by molar-refractivity contribution is 0.0986. The molecular formula is C13H19NO3. The lowest BCUT2D eigenvalue weighted by Gasteiger charge is -2.13. The van der Waals surface area contributed by atoms with Crippen LogP contribution in [-0.2, 0) is 0 Å². The van der Waals surface area contributed by atoms with Gasteiger partial charge in [-0.15, -0.1) is 0 Å². The fraction of sp³-hybridized carbons (Fsp3) is 0.462. The normalized spacial score (nSPS) is 10.8. The SMILES string of the molecule is CCC(CC)NCC(=O)c1ccc(O)c(O)c1. The van der Waals surface area contributed by atoms with Gasteiger partial charge in [0.1, 0.15) is 0 Å². The highest BCUT2D eigenvalue weighted by atomic mass is 16.3. The van der Waals surface area contributed by atoms with Crippen LogP contribution in [0.2, 0.25) is 0 Å². The molecule has 0 saturated carbocycles. The third kappa shape index (κ3) is 3.75. The van der Waals surface area contributed by atoms with E-state index in [1.54, 1.807) is 0 Å². The van der Waals surface area contributed by atoms with E-state index < -0.39 is 0 Å². The lowest BCUT2D eigenvalue weighted by atomic mass is 10.1. The van der Waals surface area contributed by atoms with Crippen LogP contribution >= 0.6 is 0 Å². The van der Waals surface area contributed by atoms with Gasteiger partial charge in [0.2, 0.25) is 0 Å². The molecule has 1 aromatic carbocycles. The van der Waals surface area contributed by atoms with E-state index in [1.165, 1.54) is 18.2 Å². The van der Waals surface area contributed by atoms with Crippen molar-refractivity contribution in [3.05, 3.63) is 23.8 Å². The summed E-state index contributed by atoms with van der Waals surface area (Å²) in [5, 5.41) is 21.6. The number of carbonyl (C=O) groups is 1. The molecule has 4 nitrogen and oxygen atoms in total. The van der Waals surface area contributed by atoms with Crippen LogP contribution in [-0.4, -0.2) is 28.6 Å². The molecule has 0 aliphatic heterocycles. The lowest BCUT2D eigenvalue weighted by Crippen LogP contribution is -2.32. The number of rotatable bonds is 6. The van der Waals surface area contributed by atoms with Gasteiger partial charge in [-0.25, -0.2) is 0 Å². The first-order valence-electron chi connectivity index (χ1n) is 5.87. The van der Waals surface area contributed by atoms with Crippen molar-refractivity contribution in [1.82, 2.24) is 5.32 Å². The summed E-state index contributed by atoms with van der Waals surface area (Å²) in [6.45, 7) is 4.38. The first-order valence-corrected chi connectivity index (χ1v) is 5.87. The summed E-state index contributed by atoms with van der Waals surface area (Å²) in [4.78, 5) is 11.8. The van der Waals surface area contributed by atoms with Gasteiger partial charge in [0.15, 0.2) is 17.3 Å². The molecule has 94 valence electrons. The summed E-state index contributed by atoms with van der Waals surface area (Å²) >= 11 is 0. The van der Waals surface area contributed by atoms with Crippen LogP contribution in [0.4, 0.5) is 0 Å². The second-order valence-electron chi connectivity index (χ2n) is 4.02. The van der Waals surface area contributed by atoms with Crippen LogP contribution in [0.25, 0.3) is 0 Å². The van der Waals surface area contributed by atoms with Gasteiger partial charge in [-0.1, -0.05) is 13.8 Å². The number of nitrogens with one attached hydrogen (secondary N) is 1. The smallest absolute Gasteiger partial charge is 0.176 e. The topological polar surface area (TPSA) is 69.6 Å². The van der Waals surface area contributed by atoms with E-state index in [4.69, 9.17) is 5.11 Å². The first-order chi connectivity index (χ1) is 8.08. The molecule has 0 radical (unpaired) electrons. The summed E-state index contributed by atoms with van der Waals surface area (Å²) in [5.74, 6) is -0.569. The maximum Gasteiger partial charge on any atom is 0.176 e. The maximum absolute atomic E-state index is 11.8. The highest BCUT2D eigenvalue weighted by Crippen LogP contribution is 2.24. The molecular weight excluding hydrogens is 218 g/mol. The largest absolute Gasteiger partial charge is 0.504 e. The Labute approximate surface area is 101 Å². The summed E-state index contributed by atoms with van der Waals surface area (Å²) in [6.07, 6.45) is 1.95. The van der Waals surface area contributed by atoms with Crippen molar-refractivity contribution in [2.45, 2.75) is 32.7 Å². The van der Waals surface area contributed by atoms with Crippen molar-refractivity contribution in [3.8, 4) is 11.5 Å². The second kappa shape index (κ2) is 6.25. The molecule has 0 aromatic heterocycles. The number of phenols is 2. The van der Waals surface area contributed by atoms with Crippen molar-refractivity contribution >= 4 is 5.78 Å². The first kappa shape index (κ1) is 13.5. The van der Waals surface area contributed by atoms with Crippen LogP contribution in [0, 0.1) is 0 Å². The highest BCUT2D eigenvalue weighted by molar-refractivity contribution is 5.98. The Balaban J connectivity index is 2.61. The Bertz CT molecular complexity index is 386. The monoisotopic (exact) mass is 237 g/mol. The summed E-state index contributed by atoms with van der Waals surface area (Å²) in [5.41, 5.74) is 0.402. The molecule has 0 amide bonds. The molecule has 0 heterocycles. The number of hydrogen-bond donors (Lipinski definition) is 3. The number of phenolic OH excluding ortho intramolecular Hbond substituents is 2. The van der Waals surface area contributed by atoms with E-state index in [1.807, 2.05) is 0 Å². The zero-order valence-corrected chi connectivity index (χ0v) is 10.2. The van der Waals surface area contributed by atoms with Crippen molar-refractivity contribution in [1.29, 1.82) is 0 Å². The van der Waals surface area contributed by atoms with Gasteiger partial charge in [0, 0.05) is 11.6 Å². The van der Waals surface area contributed by atoms with Crippen LogP contribution < -0.4 is 5.32 Å². The average Bonchev–Trinajstić information content (AvgIpc) is 2.33. The van der Waals surface area contributed by atoms with E-state index in [9.17, 15) is 9.90 Å². The van der Waals surface area contributed by atoms with Crippen LogP contribution in [0.3, 0.4) is 0 Å². The van der Waals surface area contributed by atoms with Gasteiger partial charge in [0.25, 0.3) is 0 Å². The number of benzene rings is 1. The van der Waals surface area contributed by atoms with E-state index in [0.29, 0.717) is 11.6 Å². The fourth-order valence-corrected chi connectivity index (χ4v) is 1.61. The van der Waals surface area contributed by atoms with Gasteiger partial charge >= 0.3 is 0 Å². The Hall–Kier alpha value is -1.55. The number of aromatic hydroxyl groups is 2. The summed E-state index contributed by atoms with van der Waals surface area (Å²) in [6, 6.07) is 4.45. The van der Waals surface area contributed by atoms with Crippen LogP contribution in [0.15, 0.2) is 18.2 Å². The van der Waals surface area contributed by atoms with Crippen molar-refractivity contribution < 1.29 is 15.0 Å². The van der Waals surface area contributed by atoms with Crippen molar-refractivity contribution in [2.75, 3.05) is 6.54 Å².